The number of rotatable bonds is 6. The first-order chi connectivity index (χ1) is 13.2. The Morgan fingerprint density at radius 2 is 1.96 bits per heavy atom. The molecular formula is C19H19N5OS2. The van der Waals surface area contributed by atoms with Crippen LogP contribution >= 0.6 is 23.1 Å². The first-order valence-corrected chi connectivity index (χ1v) is 10.4. The molecule has 138 valence electrons. The number of fused-ring (bicyclic) bond motifs is 1. The zero-order chi connectivity index (χ0) is 18.8. The Labute approximate surface area is 165 Å². The lowest BCUT2D eigenvalue weighted by atomic mass is 10.1. The summed E-state index contributed by atoms with van der Waals surface area (Å²) in [5.74, 6) is 2.05. The van der Waals surface area contributed by atoms with Gasteiger partial charge in [-0.2, -0.15) is 4.98 Å². The van der Waals surface area contributed by atoms with Crippen molar-refractivity contribution in [2.75, 3.05) is 5.75 Å². The lowest BCUT2D eigenvalue weighted by Gasteiger charge is -2.01. The molecule has 0 saturated heterocycles. The molecule has 4 aromatic rings. The molecule has 0 aliphatic carbocycles. The van der Waals surface area contributed by atoms with E-state index in [1.165, 1.54) is 10.4 Å². The maximum atomic E-state index is 5.63. The molecule has 2 N–H and O–H groups in total. The molecule has 3 aromatic heterocycles. The third-order valence-electron chi connectivity index (χ3n) is 4.40. The summed E-state index contributed by atoms with van der Waals surface area (Å²) in [7, 11) is 0. The van der Waals surface area contributed by atoms with Gasteiger partial charge in [-0.15, -0.1) is 23.1 Å². The SMILES string of the molecule is Cc1sc2ncnc(SCCc3nc(-c4ccc(CN)cc4)no3)c2c1C. The van der Waals surface area contributed by atoms with Gasteiger partial charge in [-0.1, -0.05) is 29.4 Å². The van der Waals surface area contributed by atoms with Crippen molar-refractivity contribution in [1.82, 2.24) is 20.1 Å². The highest BCUT2D eigenvalue weighted by Gasteiger charge is 2.13. The molecule has 1 aromatic carbocycles. The zero-order valence-electron chi connectivity index (χ0n) is 15.1. The van der Waals surface area contributed by atoms with Gasteiger partial charge in [0.1, 0.15) is 16.2 Å². The molecule has 3 heterocycles. The second-order valence-electron chi connectivity index (χ2n) is 6.15. The van der Waals surface area contributed by atoms with Crippen LogP contribution in [0.1, 0.15) is 21.9 Å². The van der Waals surface area contributed by atoms with Gasteiger partial charge in [-0.25, -0.2) is 9.97 Å². The Morgan fingerprint density at radius 3 is 2.74 bits per heavy atom. The van der Waals surface area contributed by atoms with E-state index in [1.807, 2.05) is 24.3 Å². The standard InChI is InChI=1S/C19H19N5OS2/c1-11-12(2)27-19-16(11)18(21-10-22-19)26-8-7-15-23-17(24-25-15)14-5-3-13(9-20)4-6-14/h3-6,10H,7-9,20H2,1-2H3. The Kier molecular flexibility index (Phi) is 5.20. The van der Waals surface area contributed by atoms with E-state index in [4.69, 9.17) is 10.3 Å². The van der Waals surface area contributed by atoms with E-state index in [0.29, 0.717) is 24.7 Å². The summed E-state index contributed by atoms with van der Waals surface area (Å²) in [4.78, 5) is 15.7. The molecule has 4 rings (SSSR count). The van der Waals surface area contributed by atoms with Crippen LogP contribution in [0.4, 0.5) is 0 Å². The number of thiophene rings is 1. The molecule has 0 aliphatic rings. The van der Waals surface area contributed by atoms with Crippen molar-refractivity contribution in [2.24, 2.45) is 5.73 Å². The fourth-order valence-corrected chi connectivity index (χ4v) is 4.81. The van der Waals surface area contributed by atoms with Gasteiger partial charge in [-0.3, -0.25) is 0 Å². The third kappa shape index (κ3) is 3.73. The van der Waals surface area contributed by atoms with Crippen molar-refractivity contribution in [3.05, 3.63) is 52.5 Å². The van der Waals surface area contributed by atoms with Crippen molar-refractivity contribution in [3.63, 3.8) is 0 Å². The van der Waals surface area contributed by atoms with Crippen LogP contribution < -0.4 is 5.73 Å². The molecule has 0 amide bonds. The van der Waals surface area contributed by atoms with Gasteiger partial charge in [0.15, 0.2) is 0 Å². The Hall–Kier alpha value is -2.29. The van der Waals surface area contributed by atoms with E-state index < -0.39 is 0 Å². The fraction of sp³-hybridized carbons (Fsp3) is 0.263. The molecule has 0 fully saturated rings. The molecule has 0 atom stereocenters. The van der Waals surface area contributed by atoms with Crippen molar-refractivity contribution in [1.29, 1.82) is 0 Å². The molecule has 0 saturated carbocycles. The highest BCUT2D eigenvalue weighted by Crippen LogP contribution is 2.34. The van der Waals surface area contributed by atoms with Crippen LogP contribution in [0.2, 0.25) is 0 Å². The summed E-state index contributed by atoms with van der Waals surface area (Å²) in [5, 5.41) is 6.26. The summed E-state index contributed by atoms with van der Waals surface area (Å²) in [5.41, 5.74) is 8.90. The minimum atomic E-state index is 0.522. The van der Waals surface area contributed by atoms with Crippen molar-refractivity contribution in [2.45, 2.75) is 31.8 Å². The maximum Gasteiger partial charge on any atom is 0.227 e. The van der Waals surface area contributed by atoms with Gasteiger partial charge in [0.05, 0.1) is 0 Å². The predicted molar refractivity (Wildman–Crippen MR) is 109 cm³/mol. The number of hydrogen-bond donors (Lipinski definition) is 1. The molecule has 0 radical (unpaired) electrons. The zero-order valence-corrected chi connectivity index (χ0v) is 16.7. The predicted octanol–water partition coefficient (Wildman–Crippen LogP) is 4.15. The number of nitrogens with zero attached hydrogens (tertiary/aromatic N) is 4. The molecular weight excluding hydrogens is 378 g/mol. The quantitative estimate of drug-likeness (QED) is 0.386. The topological polar surface area (TPSA) is 90.7 Å². The molecule has 8 heteroatoms. The first-order valence-electron chi connectivity index (χ1n) is 8.61. The summed E-state index contributed by atoms with van der Waals surface area (Å²) in [6.07, 6.45) is 2.32. The number of nitrogens with two attached hydrogens (primary N) is 1. The molecule has 27 heavy (non-hydrogen) atoms. The first kappa shape index (κ1) is 18.1. The minimum Gasteiger partial charge on any atom is -0.339 e. The van der Waals surface area contributed by atoms with Gasteiger partial charge in [0.2, 0.25) is 11.7 Å². The summed E-state index contributed by atoms with van der Waals surface area (Å²) >= 11 is 3.41. The van der Waals surface area contributed by atoms with Gasteiger partial charge in [-0.05, 0) is 25.0 Å². The number of hydrogen-bond acceptors (Lipinski definition) is 8. The number of aryl methyl sites for hydroxylation is 3. The van der Waals surface area contributed by atoms with Gasteiger partial charge < -0.3 is 10.3 Å². The molecule has 0 unspecified atom stereocenters. The minimum absolute atomic E-state index is 0.522. The van der Waals surface area contributed by atoms with Crippen LogP contribution in [0.3, 0.4) is 0 Å². The van der Waals surface area contributed by atoms with Crippen LogP contribution in [0.15, 0.2) is 40.1 Å². The second kappa shape index (κ2) is 7.75. The Morgan fingerprint density at radius 1 is 1.15 bits per heavy atom. The van der Waals surface area contributed by atoms with Crippen LogP contribution in [0.5, 0.6) is 0 Å². The molecule has 6 nitrogen and oxygen atoms in total. The Balaban J connectivity index is 1.43. The van der Waals surface area contributed by atoms with E-state index >= 15 is 0 Å². The normalized spacial score (nSPS) is 11.4. The fourth-order valence-electron chi connectivity index (χ4n) is 2.76. The smallest absolute Gasteiger partial charge is 0.227 e. The van der Waals surface area contributed by atoms with E-state index in [2.05, 4.69) is 34.0 Å². The maximum absolute atomic E-state index is 5.63. The largest absolute Gasteiger partial charge is 0.339 e. The average Bonchev–Trinajstić information content (AvgIpc) is 3.27. The average molecular weight is 398 g/mol. The number of aromatic nitrogens is 4. The van der Waals surface area contributed by atoms with E-state index in [1.54, 1.807) is 29.4 Å². The van der Waals surface area contributed by atoms with Crippen LogP contribution in [-0.2, 0) is 13.0 Å². The van der Waals surface area contributed by atoms with E-state index in [9.17, 15) is 0 Å². The van der Waals surface area contributed by atoms with Crippen LogP contribution in [0, 0.1) is 13.8 Å². The summed E-state index contributed by atoms with van der Waals surface area (Å²) in [6.45, 7) is 4.77. The highest BCUT2D eigenvalue weighted by atomic mass is 32.2. The molecule has 0 aliphatic heterocycles. The third-order valence-corrected chi connectivity index (χ3v) is 6.51. The molecule has 0 spiro atoms. The van der Waals surface area contributed by atoms with Gasteiger partial charge >= 0.3 is 0 Å². The van der Waals surface area contributed by atoms with E-state index in [-0.39, 0.29) is 0 Å². The summed E-state index contributed by atoms with van der Waals surface area (Å²) < 4.78 is 5.40. The van der Waals surface area contributed by atoms with E-state index in [0.717, 1.165) is 32.1 Å². The van der Waals surface area contributed by atoms with Crippen molar-refractivity contribution < 1.29 is 4.52 Å². The van der Waals surface area contributed by atoms with Crippen LogP contribution in [0.25, 0.3) is 21.6 Å². The monoisotopic (exact) mass is 397 g/mol. The number of thioether (sulfide) groups is 1. The van der Waals surface area contributed by atoms with Gasteiger partial charge in [0, 0.05) is 34.5 Å². The summed E-state index contributed by atoms with van der Waals surface area (Å²) in [6, 6.07) is 7.88. The second-order valence-corrected chi connectivity index (χ2v) is 8.44. The van der Waals surface area contributed by atoms with Crippen molar-refractivity contribution in [3.8, 4) is 11.4 Å². The highest BCUT2D eigenvalue weighted by molar-refractivity contribution is 7.99. The Bertz CT molecular complexity index is 1070. The number of benzene rings is 1. The van der Waals surface area contributed by atoms with Gasteiger partial charge in [0.25, 0.3) is 0 Å². The lowest BCUT2D eigenvalue weighted by Crippen LogP contribution is -1.95. The lowest BCUT2D eigenvalue weighted by molar-refractivity contribution is 0.383. The van der Waals surface area contributed by atoms with Crippen molar-refractivity contribution >= 4 is 33.3 Å². The molecule has 0 bridgehead atoms. The van der Waals surface area contributed by atoms with Crippen LogP contribution in [-0.4, -0.2) is 25.9 Å².